The Labute approximate surface area is 321 Å². The van der Waals surface area contributed by atoms with Gasteiger partial charge in [0, 0.05) is 13.2 Å². The molecule has 2 amide bonds. The molecule has 3 fully saturated rings. The zero-order chi connectivity index (χ0) is 35.4. The number of ether oxygens (including phenoxy) is 3. The summed E-state index contributed by atoms with van der Waals surface area (Å²) in [4.78, 5) is 36.5. The fourth-order valence-electron chi connectivity index (χ4n) is 4.53. The van der Waals surface area contributed by atoms with Crippen molar-refractivity contribution in [2.24, 2.45) is 0 Å². The Hall–Kier alpha value is -2.18. The van der Waals surface area contributed by atoms with E-state index in [9.17, 15) is 19.5 Å². The summed E-state index contributed by atoms with van der Waals surface area (Å²) in [5, 5.41) is 10.6. The van der Waals surface area contributed by atoms with Crippen LogP contribution >= 0.6 is 0 Å². The van der Waals surface area contributed by atoms with Gasteiger partial charge in [-0.1, -0.05) is 52.0 Å². The number of carbonyl (C=O) groups is 3. The maximum Gasteiger partial charge on any atom is 2.00 e. The summed E-state index contributed by atoms with van der Waals surface area (Å²) in [5.41, 5.74) is 1.54. The number of halogens is 1. The quantitative estimate of drug-likeness (QED) is 0.372. The topological polar surface area (TPSA) is 106 Å². The van der Waals surface area contributed by atoms with Crippen molar-refractivity contribution in [3.05, 3.63) is 71.3 Å². The molecule has 0 saturated carbocycles. The molecule has 0 atom stereocenters. The first-order valence-electron chi connectivity index (χ1n) is 16.6. The van der Waals surface area contributed by atoms with Crippen LogP contribution in [-0.4, -0.2) is 107 Å². The summed E-state index contributed by atoms with van der Waals surface area (Å²) in [6, 6.07) is 19.1. The Morgan fingerprint density at radius 2 is 1.18 bits per heavy atom. The van der Waals surface area contributed by atoms with E-state index in [0.717, 1.165) is 18.8 Å². The van der Waals surface area contributed by atoms with E-state index in [0.29, 0.717) is 11.8 Å². The van der Waals surface area contributed by atoms with Crippen molar-refractivity contribution in [1.29, 1.82) is 0 Å². The number of Topliss-reactive ketones (excluding diaryl/α,β-unsaturated/α-hetero) is 1. The number of β-amino-alcohol motifs (C(OH)–C–C–N with tert-alkyl or cyclic N) is 1. The second kappa shape index (κ2) is 21.2. The first kappa shape index (κ1) is 46.8. The van der Waals surface area contributed by atoms with Gasteiger partial charge >= 0.3 is 35.2 Å². The monoisotopic (exact) mass is 756 g/mol. The molecule has 0 bridgehead atoms. The summed E-state index contributed by atoms with van der Waals surface area (Å²) in [5.74, 6) is 1.19. The van der Waals surface area contributed by atoms with Gasteiger partial charge < -0.3 is 41.2 Å². The Bertz CT molecular complexity index is 1250. The maximum absolute atomic E-state index is 11.9. The molecule has 3 aliphatic heterocycles. The average molecular weight is 758 g/mol. The molecule has 2 aromatic carbocycles. The predicted octanol–water partition coefficient (Wildman–Crippen LogP) is 4.08. The van der Waals surface area contributed by atoms with E-state index >= 15 is 0 Å². The van der Waals surface area contributed by atoms with E-state index in [-0.39, 0.29) is 78.1 Å². The van der Waals surface area contributed by atoms with Gasteiger partial charge in [-0.05, 0) is 77.3 Å². The van der Waals surface area contributed by atoms with Gasteiger partial charge in [0.15, 0.2) is 5.78 Å². The van der Waals surface area contributed by atoms with E-state index in [1.54, 1.807) is 20.8 Å². The molecule has 9 nitrogen and oxygen atoms in total. The molecule has 2 aromatic rings. The Kier molecular flexibility index (Phi) is 20.3. The minimum atomic E-state index is -0.952. The molecule has 1 N–H and O–H groups in total. The molecule has 3 saturated heterocycles. The molecule has 11 heteroatoms. The zero-order valence-electron chi connectivity index (χ0n) is 31.3. The molecular weight excluding hydrogens is 701 g/mol. The van der Waals surface area contributed by atoms with E-state index in [2.05, 4.69) is 45.9 Å². The number of likely N-dealkylation sites (tertiary alicyclic amines) is 2. The number of nitrogens with zero attached hydrogens (tertiary/aromatic N) is 2. The van der Waals surface area contributed by atoms with Crippen molar-refractivity contribution < 1.29 is 50.7 Å². The molecule has 3 aliphatic rings. The fourth-order valence-corrected chi connectivity index (χ4v) is 4.53. The number of hydrogen-bond donors (Lipinski definition) is 1. The van der Waals surface area contributed by atoms with Crippen molar-refractivity contribution in [2.45, 2.75) is 111 Å². The van der Waals surface area contributed by atoms with Crippen molar-refractivity contribution in [3.63, 3.8) is 0 Å². The van der Waals surface area contributed by atoms with Crippen LogP contribution in [0.5, 0.6) is 0 Å². The van der Waals surface area contributed by atoms with Crippen LogP contribution in [0.15, 0.2) is 48.5 Å². The van der Waals surface area contributed by atoms with Crippen LogP contribution in [0.1, 0.15) is 111 Å². The van der Waals surface area contributed by atoms with Crippen LogP contribution in [0.3, 0.4) is 0 Å². The minimum Gasteiger partial charge on any atom is -1.00 e. The van der Waals surface area contributed by atoms with E-state index < -0.39 is 22.9 Å². The molecule has 270 valence electrons. The Balaban J connectivity index is 0.000000695. The van der Waals surface area contributed by atoms with Crippen molar-refractivity contribution in [3.8, 4) is 0 Å². The van der Waals surface area contributed by atoms with Gasteiger partial charge in [-0.2, -0.15) is 35.9 Å². The molecule has 49 heavy (non-hydrogen) atoms. The Morgan fingerprint density at radius 3 is 1.51 bits per heavy atom. The van der Waals surface area contributed by atoms with E-state index in [1.807, 2.05) is 57.2 Å². The van der Waals surface area contributed by atoms with Crippen LogP contribution < -0.4 is 17.0 Å². The number of benzene rings is 2. The molecular formula is C38H57BrMgN2O7. The number of ketones is 1. The second-order valence-electron chi connectivity index (χ2n) is 14.8. The third kappa shape index (κ3) is 17.5. The van der Waals surface area contributed by atoms with Gasteiger partial charge in [0.1, 0.15) is 16.8 Å². The van der Waals surface area contributed by atoms with Gasteiger partial charge in [0.25, 0.3) is 0 Å². The summed E-state index contributed by atoms with van der Waals surface area (Å²) >= 11 is 0. The zero-order valence-corrected chi connectivity index (χ0v) is 34.3. The second-order valence-corrected chi connectivity index (χ2v) is 14.8. The summed E-state index contributed by atoms with van der Waals surface area (Å²) < 4.78 is 15.3. The molecule has 0 unspecified atom stereocenters. The SMILES string of the molecule is C1CCOC1.CC(C)(C)OC(=O)N1CC(=O)C1.CC(C)c1cc[c-]cc1.CC(C)c1ccc(C2(O)CN(C(=O)OC(C)(C)C)C2)cc1.[Br-].[Mg+2]. The van der Waals surface area contributed by atoms with Gasteiger partial charge in [-0.25, -0.2) is 9.59 Å². The number of rotatable bonds is 3. The first-order valence-corrected chi connectivity index (χ1v) is 16.6. The van der Waals surface area contributed by atoms with Crippen LogP contribution in [0, 0.1) is 6.07 Å². The fraction of sp³-hybridized carbons (Fsp3) is 0.605. The predicted molar refractivity (Wildman–Crippen MR) is 190 cm³/mol. The maximum atomic E-state index is 11.9. The van der Waals surface area contributed by atoms with Crippen molar-refractivity contribution in [2.75, 3.05) is 39.4 Å². The average Bonchev–Trinajstić information content (AvgIpc) is 3.54. The van der Waals surface area contributed by atoms with Gasteiger partial charge in [-0.15, -0.1) is 0 Å². The third-order valence-electron chi connectivity index (χ3n) is 7.30. The smallest absolute Gasteiger partial charge is 1.00 e. The van der Waals surface area contributed by atoms with Crippen molar-refractivity contribution >= 4 is 41.0 Å². The van der Waals surface area contributed by atoms with Crippen LogP contribution in [0.2, 0.25) is 0 Å². The molecule has 3 heterocycles. The summed E-state index contributed by atoms with van der Waals surface area (Å²) in [6.45, 7) is 22.5. The van der Waals surface area contributed by atoms with E-state index in [4.69, 9.17) is 14.2 Å². The number of amides is 2. The molecule has 5 rings (SSSR count). The Morgan fingerprint density at radius 1 is 0.776 bits per heavy atom. The molecule has 0 aliphatic carbocycles. The van der Waals surface area contributed by atoms with E-state index in [1.165, 1.54) is 33.8 Å². The molecule has 0 radical (unpaired) electrons. The van der Waals surface area contributed by atoms with Crippen LogP contribution in [0.25, 0.3) is 0 Å². The van der Waals surface area contributed by atoms with Gasteiger partial charge in [-0.3, -0.25) is 9.69 Å². The van der Waals surface area contributed by atoms with Gasteiger partial charge in [0.2, 0.25) is 0 Å². The van der Waals surface area contributed by atoms with Crippen LogP contribution in [0.4, 0.5) is 9.59 Å². The number of carbonyl (C=O) groups excluding carboxylic acids is 3. The van der Waals surface area contributed by atoms with Gasteiger partial charge in [0.05, 0.1) is 26.2 Å². The number of hydrogen-bond acceptors (Lipinski definition) is 7. The summed E-state index contributed by atoms with van der Waals surface area (Å²) in [7, 11) is 0. The van der Waals surface area contributed by atoms with Crippen molar-refractivity contribution in [1.82, 2.24) is 9.80 Å². The van der Waals surface area contributed by atoms with Crippen LogP contribution in [-0.2, 0) is 24.6 Å². The standard InChI is InChI=1S/C17H25NO3.C9H11.C8H13NO3.C4H8O.BrH.Mg/c1-12(2)13-6-8-14(9-7-13)17(20)10-18(11-17)15(19)21-16(3,4)5;1-8(2)9-6-4-3-5-7-9;1-8(2,3)12-7(11)9-4-6(10)5-9;1-2-4-5-3-1;;/h6-9,12,20H,10-11H2,1-5H3;4-8H,1-2H3;4-5H2,1-3H3;1-4H2;1H;/q;-1;;;;+2/p-1. The molecule has 0 spiro atoms. The normalized spacial score (nSPS) is 16.1. The third-order valence-corrected chi connectivity index (χ3v) is 7.30. The summed E-state index contributed by atoms with van der Waals surface area (Å²) in [6.07, 6.45) is 1.79. The first-order chi connectivity index (χ1) is 21.8. The largest absolute Gasteiger partial charge is 2.00 e. The molecule has 0 aromatic heterocycles. The minimum absolute atomic E-state index is 0. The number of aliphatic hydroxyl groups is 1.